The second-order valence-electron chi connectivity index (χ2n) is 7.48. The van der Waals surface area contributed by atoms with Crippen molar-refractivity contribution in [2.75, 3.05) is 36.4 Å². The van der Waals surface area contributed by atoms with Crippen LogP contribution in [0, 0.1) is 0 Å². The lowest BCUT2D eigenvalue weighted by atomic mass is 10.1. The van der Waals surface area contributed by atoms with Crippen molar-refractivity contribution < 1.29 is 0 Å². The fourth-order valence-electron chi connectivity index (χ4n) is 3.45. The van der Waals surface area contributed by atoms with Crippen molar-refractivity contribution in [3.05, 3.63) is 60.2 Å². The number of hydrogen-bond acceptors (Lipinski definition) is 4. The molecule has 0 bridgehead atoms. The van der Waals surface area contributed by atoms with Crippen LogP contribution >= 0.6 is 24.0 Å². The number of anilines is 2. The molecule has 0 saturated carbocycles. The number of aliphatic imine (C=N–C) groups is 1. The van der Waals surface area contributed by atoms with Gasteiger partial charge in [-0.25, -0.2) is 0 Å². The third kappa shape index (κ3) is 6.72. The predicted octanol–water partition coefficient (Wildman–Crippen LogP) is 4.55. The quantitative estimate of drug-likeness (QED) is 0.390. The molecule has 160 valence electrons. The second kappa shape index (κ2) is 11.3. The molecule has 2 aromatic rings. The fourth-order valence-corrected chi connectivity index (χ4v) is 4.39. The van der Waals surface area contributed by atoms with E-state index < -0.39 is 0 Å². The maximum atomic E-state index is 6.01. The summed E-state index contributed by atoms with van der Waals surface area (Å²) in [6.07, 6.45) is 1.21. The van der Waals surface area contributed by atoms with Crippen LogP contribution in [-0.2, 0) is 5.75 Å². The lowest BCUT2D eigenvalue weighted by Crippen LogP contribution is -2.49. The molecule has 3 N–H and O–H groups in total. The Balaban J connectivity index is 1.47. The minimum atomic E-state index is 0.378. The number of piperazine rings is 1. The van der Waals surface area contributed by atoms with Gasteiger partial charge in [0.05, 0.1) is 0 Å². The second-order valence-corrected chi connectivity index (χ2v) is 8.86. The highest BCUT2D eigenvalue weighted by Crippen LogP contribution is 2.21. The number of thiocarbonyl (C=S) groups is 1. The molecular weight excluding hydrogens is 410 g/mol. The van der Waals surface area contributed by atoms with E-state index in [4.69, 9.17) is 18.0 Å². The van der Waals surface area contributed by atoms with E-state index >= 15 is 0 Å². The van der Waals surface area contributed by atoms with Gasteiger partial charge in [0.15, 0.2) is 10.3 Å². The minimum Gasteiger partial charge on any atom is -0.378 e. The van der Waals surface area contributed by atoms with Crippen LogP contribution < -0.4 is 16.0 Å². The molecule has 7 heteroatoms. The molecule has 1 fully saturated rings. The van der Waals surface area contributed by atoms with Crippen molar-refractivity contribution in [3.8, 4) is 0 Å². The number of amidine groups is 1. The van der Waals surface area contributed by atoms with Gasteiger partial charge in [-0.05, 0) is 55.4 Å². The number of benzene rings is 2. The molecule has 0 radical (unpaired) electrons. The summed E-state index contributed by atoms with van der Waals surface area (Å²) in [5.74, 6) is 0.776. The first-order chi connectivity index (χ1) is 14.5. The third-order valence-corrected chi connectivity index (χ3v) is 6.51. The Hall–Kier alpha value is -2.09. The average Bonchev–Trinajstić information content (AvgIpc) is 2.78. The van der Waals surface area contributed by atoms with Gasteiger partial charge >= 0.3 is 0 Å². The molecule has 1 atom stereocenters. The van der Waals surface area contributed by atoms with Gasteiger partial charge in [-0.1, -0.05) is 49.0 Å². The van der Waals surface area contributed by atoms with Gasteiger partial charge in [-0.2, -0.15) is 4.99 Å². The van der Waals surface area contributed by atoms with Crippen molar-refractivity contribution in [2.24, 2.45) is 10.7 Å². The maximum Gasteiger partial charge on any atom is 0.199 e. The zero-order chi connectivity index (χ0) is 21.3. The first-order valence-corrected chi connectivity index (χ1v) is 11.9. The number of hydrogen-bond donors (Lipinski definition) is 2. The highest BCUT2D eigenvalue weighted by atomic mass is 32.2. The number of rotatable bonds is 6. The summed E-state index contributed by atoms with van der Waals surface area (Å²) in [4.78, 5) is 9.31. The third-order valence-electron chi connectivity index (χ3n) is 5.45. The highest BCUT2D eigenvalue weighted by molar-refractivity contribution is 8.13. The summed E-state index contributed by atoms with van der Waals surface area (Å²) in [7, 11) is 0. The Kier molecular flexibility index (Phi) is 8.54. The van der Waals surface area contributed by atoms with E-state index in [9.17, 15) is 0 Å². The van der Waals surface area contributed by atoms with Crippen LogP contribution in [0.5, 0.6) is 0 Å². The summed E-state index contributed by atoms with van der Waals surface area (Å²) in [6.45, 7) is 8.94. The Labute approximate surface area is 189 Å². The van der Waals surface area contributed by atoms with Gasteiger partial charge < -0.3 is 16.0 Å². The molecule has 1 aliphatic heterocycles. The van der Waals surface area contributed by atoms with Crippen LogP contribution in [0.1, 0.15) is 25.8 Å². The number of nitrogens with one attached hydrogen (secondary N) is 1. The largest absolute Gasteiger partial charge is 0.378 e. The van der Waals surface area contributed by atoms with E-state index in [1.165, 1.54) is 29.4 Å². The summed E-state index contributed by atoms with van der Waals surface area (Å²) >= 11 is 6.82. The molecule has 1 aliphatic rings. The monoisotopic (exact) mass is 441 g/mol. The Morgan fingerprint density at radius 1 is 1.10 bits per heavy atom. The molecule has 2 aromatic carbocycles. The molecule has 3 rings (SSSR count). The van der Waals surface area contributed by atoms with Crippen molar-refractivity contribution in [1.29, 1.82) is 0 Å². The number of thioether (sulfide) groups is 1. The highest BCUT2D eigenvalue weighted by Gasteiger charge is 2.20. The molecule has 0 aliphatic carbocycles. The molecule has 0 spiro atoms. The summed E-state index contributed by atoms with van der Waals surface area (Å²) in [5, 5.41) is 4.00. The van der Waals surface area contributed by atoms with Crippen LogP contribution in [-0.4, -0.2) is 47.4 Å². The van der Waals surface area contributed by atoms with Gasteiger partial charge in [-0.15, -0.1) is 0 Å². The van der Waals surface area contributed by atoms with E-state index in [0.717, 1.165) is 37.6 Å². The van der Waals surface area contributed by atoms with E-state index in [1.807, 2.05) is 30.3 Å². The smallest absolute Gasteiger partial charge is 0.199 e. The molecule has 1 unspecified atom stereocenters. The average molecular weight is 442 g/mol. The summed E-state index contributed by atoms with van der Waals surface area (Å²) in [5.41, 5.74) is 9.39. The van der Waals surface area contributed by atoms with Gasteiger partial charge in [0.2, 0.25) is 0 Å². The number of nitrogens with zero attached hydrogens (tertiary/aromatic N) is 3. The van der Waals surface area contributed by atoms with Gasteiger partial charge in [0.25, 0.3) is 0 Å². The van der Waals surface area contributed by atoms with Crippen LogP contribution in [0.3, 0.4) is 0 Å². The van der Waals surface area contributed by atoms with E-state index in [0.29, 0.717) is 16.3 Å². The maximum absolute atomic E-state index is 6.01. The SMILES string of the molecule is CCC(C)N1CCN(c2ccc(NC(=S)/N=C(\N)SCc3ccccc3)cc2)CC1. The first kappa shape index (κ1) is 22.6. The molecule has 0 amide bonds. The normalized spacial score (nSPS) is 16.3. The van der Waals surface area contributed by atoms with Crippen molar-refractivity contribution in [1.82, 2.24) is 4.90 Å². The predicted molar refractivity (Wildman–Crippen MR) is 136 cm³/mol. The van der Waals surface area contributed by atoms with Gasteiger partial charge in [0, 0.05) is 49.3 Å². The minimum absolute atomic E-state index is 0.378. The standard InChI is InChI=1S/C23H31N5S2/c1-3-18(2)27-13-15-28(16-14-27)21-11-9-20(10-12-21)25-23(29)26-22(24)30-17-19-7-5-4-6-8-19/h4-12,18H,3,13-17H2,1-2H3,(H3,24,25,26,29). The van der Waals surface area contributed by atoms with Crippen LogP contribution in [0.25, 0.3) is 0 Å². The van der Waals surface area contributed by atoms with Crippen LogP contribution in [0.15, 0.2) is 59.6 Å². The number of nitrogens with two attached hydrogens (primary N) is 1. The van der Waals surface area contributed by atoms with Gasteiger partial charge in [-0.3, -0.25) is 4.90 Å². The zero-order valence-electron chi connectivity index (χ0n) is 17.8. The topological polar surface area (TPSA) is 56.9 Å². The molecule has 1 saturated heterocycles. The lowest BCUT2D eigenvalue weighted by molar-refractivity contribution is 0.193. The van der Waals surface area contributed by atoms with Crippen molar-refractivity contribution >= 4 is 45.6 Å². The van der Waals surface area contributed by atoms with E-state index in [-0.39, 0.29) is 0 Å². The van der Waals surface area contributed by atoms with Crippen molar-refractivity contribution in [3.63, 3.8) is 0 Å². The Bertz CT molecular complexity index is 830. The zero-order valence-corrected chi connectivity index (χ0v) is 19.4. The van der Waals surface area contributed by atoms with Gasteiger partial charge in [0.1, 0.15) is 0 Å². The Morgan fingerprint density at radius 2 is 1.77 bits per heavy atom. The summed E-state index contributed by atoms with van der Waals surface area (Å²) < 4.78 is 0. The lowest BCUT2D eigenvalue weighted by Gasteiger charge is -2.39. The van der Waals surface area contributed by atoms with Crippen molar-refractivity contribution in [2.45, 2.75) is 32.1 Å². The summed E-state index contributed by atoms with van der Waals surface area (Å²) in [6, 6.07) is 19.2. The van der Waals surface area contributed by atoms with Crippen LogP contribution in [0.2, 0.25) is 0 Å². The van der Waals surface area contributed by atoms with E-state index in [1.54, 1.807) is 0 Å². The first-order valence-electron chi connectivity index (χ1n) is 10.5. The molecule has 1 heterocycles. The van der Waals surface area contributed by atoms with E-state index in [2.05, 4.69) is 58.2 Å². The molecule has 30 heavy (non-hydrogen) atoms. The Morgan fingerprint density at radius 3 is 2.40 bits per heavy atom. The van der Waals surface area contributed by atoms with Crippen LogP contribution in [0.4, 0.5) is 11.4 Å². The molecular formula is C23H31N5S2. The molecule has 0 aromatic heterocycles. The fraction of sp³-hybridized carbons (Fsp3) is 0.391. The molecule has 5 nitrogen and oxygen atoms in total.